The van der Waals surface area contributed by atoms with Gasteiger partial charge in [0.25, 0.3) is 11.8 Å². The van der Waals surface area contributed by atoms with E-state index in [1.54, 1.807) is 72.8 Å². The van der Waals surface area contributed by atoms with Crippen molar-refractivity contribution in [3.05, 3.63) is 131 Å². The van der Waals surface area contributed by atoms with E-state index < -0.39 is 11.8 Å². The van der Waals surface area contributed by atoms with Crippen LogP contribution in [0, 0.1) is 0 Å². The van der Waals surface area contributed by atoms with Crippen LogP contribution in [0.4, 0.5) is 5.69 Å². The number of hydrogen-bond acceptors (Lipinski definition) is 6. The van der Waals surface area contributed by atoms with Gasteiger partial charge < -0.3 is 24.8 Å². The number of anilines is 1. The molecule has 0 bridgehead atoms. The molecule has 0 aliphatic rings. The van der Waals surface area contributed by atoms with Gasteiger partial charge in [-0.05, 0) is 71.8 Å². The average Bonchev–Trinajstić information content (AvgIpc) is 3.03. The fourth-order valence-electron chi connectivity index (χ4n) is 4.04. The van der Waals surface area contributed by atoms with E-state index in [1.807, 2.05) is 36.4 Å². The standard InChI is InChI=1S/C34H30N2O6/c1-40-30-21-24(22-31(41-2)32(30)42-3)14-19-29(37)25-15-17-27(18-16-25)35-34(39)28(20-23-10-6-4-7-11-23)36-33(38)26-12-8-5-9-13-26/h4-22H,1-3H3,(H,35,39)(H,36,38)/b19-14+,28-20-. The molecule has 2 amide bonds. The van der Waals surface area contributed by atoms with Crippen molar-refractivity contribution >= 4 is 35.4 Å². The van der Waals surface area contributed by atoms with Crippen molar-refractivity contribution in [3.63, 3.8) is 0 Å². The molecule has 0 saturated carbocycles. The second-order valence-corrected chi connectivity index (χ2v) is 8.98. The van der Waals surface area contributed by atoms with Crippen LogP contribution in [0.1, 0.15) is 31.8 Å². The van der Waals surface area contributed by atoms with E-state index in [9.17, 15) is 14.4 Å². The highest BCUT2D eigenvalue weighted by atomic mass is 16.5. The Kier molecular flexibility index (Phi) is 9.88. The molecule has 0 atom stereocenters. The van der Waals surface area contributed by atoms with Crippen molar-refractivity contribution in [1.82, 2.24) is 5.32 Å². The SMILES string of the molecule is COc1cc(/C=C/C(=O)c2ccc(NC(=O)/C(=C/c3ccccc3)NC(=O)c3ccccc3)cc2)cc(OC)c1OC. The fraction of sp³-hybridized carbons (Fsp3) is 0.0882. The second kappa shape index (κ2) is 14.1. The Hall–Kier alpha value is -5.63. The smallest absolute Gasteiger partial charge is 0.272 e. The number of allylic oxidation sites excluding steroid dienone is 1. The maximum Gasteiger partial charge on any atom is 0.272 e. The molecule has 2 N–H and O–H groups in total. The Bertz CT molecular complexity index is 1590. The quantitative estimate of drug-likeness (QED) is 0.171. The van der Waals surface area contributed by atoms with E-state index in [4.69, 9.17) is 14.2 Å². The van der Waals surface area contributed by atoms with Gasteiger partial charge >= 0.3 is 0 Å². The molecule has 0 spiro atoms. The lowest BCUT2D eigenvalue weighted by atomic mass is 10.1. The van der Waals surface area contributed by atoms with E-state index in [1.165, 1.54) is 27.4 Å². The average molecular weight is 563 g/mol. The van der Waals surface area contributed by atoms with Gasteiger partial charge in [-0.2, -0.15) is 0 Å². The van der Waals surface area contributed by atoms with E-state index >= 15 is 0 Å². The van der Waals surface area contributed by atoms with Gasteiger partial charge in [0.05, 0.1) is 21.3 Å². The summed E-state index contributed by atoms with van der Waals surface area (Å²) in [4.78, 5) is 38.8. The predicted octanol–water partition coefficient (Wildman–Crippen LogP) is 6.02. The number of methoxy groups -OCH3 is 3. The van der Waals surface area contributed by atoms with Crippen molar-refractivity contribution in [2.45, 2.75) is 0 Å². The summed E-state index contributed by atoms with van der Waals surface area (Å²) in [6, 6.07) is 27.8. The molecule has 0 saturated heterocycles. The minimum Gasteiger partial charge on any atom is -0.493 e. The number of hydrogen-bond donors (Lipinski definition) is 2. The molecule has 4 rings (SSSR count). The van der Waals surface area contributed by atoms with Crippen molar-refractivity contribution in [1.29, 1.82) is 0 Å². The first kappa shape index (κ1) is 29.4. The van der Waals surface area contributed by atoms with E-state index in [0.29, 0.717) is 39.6 Å². The molecular weight excluding hydrogens is 532 g/mol. The highest BCUT2D eigenvalue weighted by Crippen LogP contribution is 2.38. The van der Waals surface area contributed by atoms with Crippen LogP contribution in [0.2, 0.25) is 0 Å². The third-order valence-corrected chi connectivity index (χ3v) is 6.18. The van der Waals surface area contributed by atoms with Gasteiger partial charge in [0.15, 0.2) is 17.3 Å². The van der Waals surface area contributed by atoms with Crippen LogP contribution in [-0.4, -0.2) is 38.9 Å². The van der Waals surface area contributed by atoms with Crippen LogP contribution < -0.4 is 24.8 Å². The van der Waals surface area contributed by atoms with E-state index in [0.717, 1.165) is 5.56 Å². The van der Waals surface area contributed by atoms with Gasteiger partial charge in [-0.15, -0.1) is 0 Å². The lowest BCUT2D eigenvalue weighted by molar-refractivity contribution is -0.113. The minimum absolute atomic E-state index is 0.0727. The summed E-state index contributed by atoms with van der Waals surface area (Å²) in [6.45, 7) is 0. The Morgan fingerprint density at radius 2 is 1.26 bits per heavy atom. The topological polar surface area (TPSA) is 103 Å². The number of benzene rings is 4. The van der Waals surface area contributed by atoms with Crippen molar-refractivity contribution in [3.8, 4) is 17.2 Å². The third-order valence-electron chi connectivity index (χ3n) is 6.18. The van der Waals surface area contributed by atoms with Crippen LogP contribution in [0.3, 0.4) is 0 Å². The van der Waals surface area contributed by atoms with Gasteiger partial charge in [-0.3, -0.25) is 14.4 Å². The van der Waals surface area contributed by atoms with Crippen molar-refractivity contribution < 1.29 is 28.6 Å². The van der Waals surface area contributed by atoms with Crippen LogP contribution in [0.25, 0.3) is 12.2 Å². The van der Waals surface area contributed by atoms with Gasteiger partial charge in [-0.25, -0.2) is 0 Å². The molecule has 212 valence electrons. The van der Waals surface area contributed by atoms with Gasteiger partial charge in [0.1, 0.15) is 5.70 Å². The zero-order chi connectivity index (χ0) is 29.9. The summed E-state index contributed by atoms with van der Waals surface area (Å²) < 4.78 is 16.1. The summed E-state index contributed by atoms with van der Waals surface area (Å²) >= 11 is 0. The molecule has 0 fully saturated rings. The molecular formula is C34H30N2O6. The molecule has 4 aromatic rings. The highest BCUT2D eigenvalue weighted by Gasteiger charge is 2.16. The molecule has 0 heterocycles. The second-order valence-electron chi connectivity index (χ2n) is 8.98. The Balaban J connectivity index is 1.48. The first-order valence-corrected chi connectivity index (χ1v) is 13.0. The summed E-state index contributed by atoms with van der Waals surface area (Å²) in [5.41, 5.74) is 2.82. The van der Waals surface area contributed by atoms with Crippen LogP contribution in [0.15, 0.2) is 109 Å². The van der Waals surface area contributed by atoms with Gasteiger partial charge in [0.2, 0.25) is 5.75 Å². The van der Waals surface area contributed by atoms with Crippen LogP contribution in [0.5, 0.6) is 17.2 Å². The largest absolute Gasteiger partial charge is 0.493 e. The zero-order valence-corrected chi connectivity index (χ0v) is 23.4. The van der Waals surface area contributed by atoms with E-state index in [-0.39, 0.29) is 11.5 Å². The van der Waals surface area contributed by atoms with Crippen LogP contribution in [-0.2, 0) is 4.79 Å². The summed E-state index contributed by atoms with van der Waals surface area (Å²) in [5, 5.41) is 5.50. The number of amides is 2. The van der Waals surface area contributed by atoms with Crippen molar-refractivity contribution in [2.24, 2.45) is 0 Å². The number of ketones is 1. The number of nitrogens with one attached hydrogen (secondary N) is 2. The normalized spacial score (nSPS) is 11.1. The summed E-state index contributed by atoms with van der Waals surface area (Å²) in [5.74, 6) is 0.260. The Morgan fingerprint density at radius 3 is 1.83 bits per heavy atom. The van der Waals surface area contributed by atoms with Gasteiger partial charge in [0, 0.05) is 16.8 Å². The molecule has 4 aromatic carbocycles. The molecule has 0 unspecified atom stereocenters. The minimum atomic E-state index is -0.510. The predicted molar refractivity (Wildman–Crippen MR) is 163 cm³/mol. The number of rotatable bonds is 11. The number of ether oxygens (including phenoxy) is 3. The number of carbonyl (C=O) groups is 3. The van der Waals surface area contributed by atoms with E-state index in [2.05, 4.69) is 10.6 Å². The maximum absolute atomic E-state index is 13.2. The Labute approximate surface area is 244 Å². The summed E-state index contributed by atoms with van der Waals surface area (Å²) in [6.07, 6.45) is 4.69. The molecule has 0 aliphatic heterocycles. The van der Waals surface area contributed by atoms with Gasteiger partial charge in [-0.1, -0.05) is 54.6 Å². The lowest BCUT2D eigenvalue weighted by Gasteiger charge is -2.12. The molecule has 8 heteroatoms. The lowest BCUT2D eigenvalue weighted by Crippen LogP contribution is -2.30. The molecule has 0 aliphatic carbocycles. The molecule has 42 heavy (non-hydrogen) atoms. The molecule has 8 nitrogen and oxygen atoms in total. The van der Waals surface area contributed by atoms with Crippen LogP contribution >= 0.6 is 0 Å². The maximum atomic E-state index is 13.2. The molecule has 0 aromatic heterocycles. The zero-order valence-electron chi connectivity index (χ0n) is 23.4. The first-order valence-electron chi connectivity index (χ1n) is 13.0. The van der Waals surface area contributed by atoms with Crippen molar-refractivity contribution in [2.75, 3.05) is 26.6 Å². The number of carbonyl (C=O) groups excluding carboxylic acids is 3. The summed E-state index contributed by atoms with van der Waals surface area (Å²) in [7, 11) is 4.56. The fourth-order valence-corrected chi connectivity index (χ4v) is 4.04. The Morgan fingerprint density at radius 1 is 0.667 bits per heavy atom. The third kappa shape index (κ3) is 7.51. The highest BCUT2D eigenvalue weighted by molar-refractivity contribution is 6.11. The first-order chi connectivity index (χ1) is 20.4. The monoisotopic (exact) mass is 562 g/mol. The molecule has 0 radical (unpaired) electrons.